The zero-order valence-corrected chi connectivity index (χ0v) is 18.4. The lowest BCUT2D eigenvalue weighted by Gasteiger charge is -2.04. The summed E-state index contributed by atoms with van der Waals surface area (Å²) in [6.07, 6.45) is 25.2. The molecule has 0 aromatic rings. The Bertz CT molecular complexity index is 269. The smallest absolute Gasteiger partial charge is 0.305 e. The van der Waals surface area contributed by atoms with Crippen molar-refractivity contribution >= 4 is 21.9 Å². The van der Waals surface area contributed by atoms with Crippen molar-refractivity contribution in [1.29, 1.82) is 0 Å². The highest BCUT2D eigenvalue weighted by molar-refractivity contribution is 9.09. The molecule has 0 unspecified atom stereocenters. The van der Waals surface area contributed by atoms with E-state index in [-0.39, 0.29) is 5.97 Å². The quantitative estimate of drug-likeness (QED) is 0.114. The lowest BCUT2D eigenvalue weighted by Crippen LogP contribution is -1.99. The Labute approximate surface area is 166 Å². The fourth-order valence-electron chi connectivity index (χ4n) is 3.29. The van der Waals surface area contributed by atoms with Crippen LogP contribution in [0.4, 0.5) is 0 Å². The number of halogens is 1. The summed E-state index contributed by atoms with van der Waals surface area (Å²) in [5, 5.41) is 1.17. The lowest BCUT2D eigenvalue weighted by atomic mass is 10.0. The van der Waals surface area contributed by atoms with Crippen LogP contribution in [-0.2, 0) is 9.53 Å². The molecule has 150 valence electrons. The summed E-state index contributed by atoms with van der Waals surface area (Å²) < 4.78 is 4.65. The highest BCUT2D eigenvalue weighted by Gasteiger charge is 1.99. The van der Waals surface area contributed by atoms with Crippen LogP contribution in [0.5, 0.6) is 0 Å². The van der Waals surface area contributed by atoms with E-state index in [1.165, 1.54) is 122 Å². The van der Waals surface area contributed by atoms with Gasteiger partial charge in [-0.1, -0.05) is 119 Å². The van der Waals surface area contributed by atoms with Crippen LogP contribution in [-0.4, -0.2) is 18.4 Å². The van der Waals surface area contributed by atoms with E-state index in [2.05, 4.69) is 20.7 Å². The van der Waals surface area contributed by atoms with Gasteiger partial charge in [-0.05, 0) is 12.8 Å². The van der Waals surface area contributed by atoms with Crippen molar-refractivity contribution in [2.24, 2.45) is 0 Å². The van der Waals surface area contributed by atoms with Gasteiger partial charge >= 0.3 is 5.97 Å². The number of carbonyl (C=O) groups excluding carboxylic acids is 1. The van der Waals surface area contributed by atoms with Gasteiger partial charge in [-0.15, -0.1) is 0 Å². The molecule has 0 saturated heterocycles. The first-order chi connectivity index (χ1) is 12.3. The van der Waals surface area contributed by atoms with Gasteiger partial charge in [-0.2, -0.15) is 0 Å². The summed E-state index contributed by atoms with van der Waals surface area (Å²) in [7, 11) is 1.47. The monoisotopic (exact) mass is 418 g/mol. The minimum atomic E-state index is -0.0645. The Morgan fingerprint density at radius 3 is 1.12 bits per heavy atom. The van der Waals surface area contributed by atoms with Crippen molar-refractivity contribution in [3.05, 3.63) is 0 Å². The molecule has 0 rings (SSSR count). The Kier molecular flexibility index (Phi) is 21.9. The van der Waals surface area contributed by atoms with Crippen molar-refractivity contribution in [3.63, 3.8) is 0 Å². The number of hydrogen-bond acceptors (Lipinski definition) is 2. The fraction of sp³-hybridized carbons (Fsp3) is 0.955. The van der Waals surface area contributed by atoms with Crippen LogP contribution < -0.4 is 0 Å². The number of methoxy groups -OCH3 is 1. The van der Waals surface area contributed by atoms with Gasteiger partial charge in [0.05, 0.1) is 7.11 Å². The third-order valence-electron chi connectivity index (χ3n) is 4.99. The normalized spacial score (nSPS) is 11.0. The zero-order chi connectivity index (χ0) is 18.4. The van der Waals surface area contributed by atoms with Crippen LogP contribution in [0.3, 0.4) is 0 Å². The number of carbonyl (C=O) groups is 1. The number of hydrogen-bond donors (Lipinski definition) is 0. The van der Waals surface area contributed by atoms with E-state index in [1.807, 2.05) is 0 Å². The minimum absolute atomic E-state index is 0.0645. The Balaban J connectivity index is 2.99. The maximum absolute atomic E-state index is 11.0. The molecule has 0 spiro atoms. The molecule has 0 aliphatic rings. The van der Waals surface area contributed by atoms with Crippen molar-refractivity contribution in [1.82, 2.24) is 0 Å². The third-order valence-corrected chi connectivity index (χ3v) is 5.55. The molecule has 2 nitrogen and oxygen atoms in total. The molecule has 0 bridgehead atoms. The van der Waals surface area contributed by atoms with E-state index in [4.69, 9.17) is 0 Å². The minimum Gasteiger partial charge on any atom is -0.469 e. The van der Waals surface area contributed by atoms with E-state index in [0.717, 1.165) is 6.42 Å². The summed E-state index contributed by atoms with van der Waals surface area (Å²) >= 11 is 3.49. The first-order valence-corrected chi connectivity index (χ1v) is 12.1. The topological polar surface area (TPSA) is 26.3 Å². The average Bonchev–Trinajstić information content (AvgIpc) is 2.63. The van der Waals surface area contributed by atoms with Crippen molar-refractivity contribution in [2.75, 3.05) is 12.4 Å². The first kappa shape index (κ1) is 24.9. The summed E-state index contributed by atoms with van der Waals surface area (Å²) in [6, 6.07) is 0. The van der Waals surface area contributed by atoms with Gasteiger partial charge in [0, 0.05) is 11.8 Å². The van der Waals surface area contributed by atoms with Crippen LogP contribution in [0.1, 0.15) is 122 Å². The summed E-state index contributed by atoms with van der Waals surface area (Å²) in [5.74, 6) is -0.0645. The molecule has 0 amide bonds. The summed E-state index contributed by atoms with van der Waals surface area (Å²) in [4.78, 5) is 11.0. The molecule has 0 radical (unpaired) electrons. The van der Waals surface area contributed by atoms with Gasteiger partial charge in [0.1, 0.15) is 0 Å². The van der Waals surface area contributed by atoms with Crippen molar-refractivity contribution in [2.45, 2.75) is 122 Å². The summed E-state index contributed by atoms with van der Waals surface area (Å²) in [6.45, 7) is 0. The number of alkyl halides is 1. The molecule has 0 aromatic carbocycles. The standard InChI is InChI=1S/C22H43BrO2/c1-25-22(24)20-18-16-14-12-10-8-6-4-2-3-5-7-9-11-13-15-17-19-21-23/h2-21H2,1H3. The zero-order valence-electron chi connectivity index (χ0n) is 16.8. The number of rotatable bonds is 20. The van der Waals surface area contributed by atoms with E-state index >= 15 is 0 Å². The molecule has 0 N–H and O–H groups in total. The third kappa shape index (κ3) is 21.9. The van der Waals surface area contributed by atoms with Gasteiger partial charge < -0.3 is 4.74 Å². The predicted molar refractivity (Wildman–Crippen MR) is 114 cm³/mol. The van der Waals surface area contributed by atoms with Gasteiger partial charge in [-0.25, -0.2) is 0 Å². The van der Waals surface area contributed by atoms with Crippen LogP contribution >= 0.6 is 15.9 Å². The van der Waals surface area contributed by atoms with E-state index < -0.39 is 0 Å². The Morgan fingerprint density at radius 2 is 0.840 bits per heavy atom. The molecule has 3 heteroatoms. The van der Waals surface area contributed by atoms with Crippen molar-refractivity contribution in [3.8, 4) is 0 Å². The second-order valence-electron chi connectivity index (χ2n) is 7.38. The second kappa shape index (κ2) is 22.0. The molecular formula is C22H43BrO2. The van der Waals surface area contributed by atoms with Gasteiger partial charge in [-0.3, -0.25) is 4.79 Å². The number of esters is 1. The maximum atomic E-state index is 11.0. The number of unbranched alkanes of at least 4 members (excludes halogenated alkanes) is 17. The molecule has 0 aliphatic carbocycles. The predicted octanol–water partition coefficient (Wildman–Crippen LogP) is 7.97. The highest BCUT2D eigenvalue weighted by atomic mass is 79.9. The van der Waals surface area contributed by atoms with E-state index in [1.54, 1.807) is 0 Å². The van der Waals surface area contributed by atoms with Gasteiger partial charge in [0.15, 0.2) is 0 Å². The maximum Gasteiger partial charge on any atom is 0.305 e. The molecule has 0 aromatic heterocycles. The van der Waals surface area contributed by atoms with Crippen LogP contribution in [0.25, 0.3) is 0 Å². The molecule has 0 saturated carbocycles. The largest absolute Gasteiger partial charge is 0.469 e. The van der Waals surface area contributed by atoms with Gasteiger partial charge in [0.25, 0.3) is 0 Å². The molecule has 25 heavy (non-hydrogen) atoms. The fourth-order valence-corrected chi connectivity index (χ4v) is 3.69. The van der Waals surface area contributed by atoms with Crippen LogP contribution in [0, 0.1) is 0 Å². The average molecular weight is 419 g/mol. The summed E-state index contributed by atoms with van der Waals surface area (Å²) in [5.41, 5.74) is 0. The van der Waals surface area contributed by atoms with E-state index in [0.29, 0.717) is 6.42 Å². The highest BCUT2D eigenvalue weighted by Crippen LogP contribution is 2.14. The van der Waals surface area contributed by atoms with E-state index in [9.17, 15) is 4.79 Å². The molecule has 0 heterocycles. The SMILES string of the molecule is COC(=O)CCCCCCCCCCCCCCCCCCCCBr. The molecular weight excluding hydrogens is 376 g/mol. The molecule has 0 aliphatic heterocycles. The Hall–Kier alpha value is -0.0500. The first-order valence-electron chi connectivity index (χ1n) is 10.9. The molecule has 0 fully saturated rings. The van der Waals surface area contributed by atoms with Gasteiger partial charge in [0.2, 0.25) is 0 Å². The lowest BCUT2D eigenvalue weighted by molar-refractivity contribution is -0.140. The van der Waals surface area contributed by atoms with Crippen LogP contribution in [0.15, 0.2) is 0 Å². The second-order valence-corrected chi connectivity index (χ2v) is 8.17. The number of ether oxygens (including phenoxy) is 1. The molecule has 0 atom stereocenters. The Morgan fingerprint density at radius 1 is 0.560 bits per heavy atom. The van der Waals surface area contributed by atoms with Crippen LogP contribution in [0.2, 0.25) is 0 Å². The van der Waals surface area contributed by atoms with Crippen molar-refractivity contribution < 1.29 is 9.53 Å².